The van der Waals surface area contributed by atoms with Gasteiger partial charge in [0.2, 0.25) is 0 Å². The van der Waals surface area contributed by atoms with Crippen molar-refractivity contribution < 1.29 is 0 Å². The molecule has 0 aliphatic rings. The summed E-state index contributed by atoms with van der Waals surface area (Å²) in [4.78, 5) is 4.25. The monoisotopic (exact) mass is 154 g/mol. The average Bonchev–Trinajstić information content (AvgIpc) is 2.05. The van der Waals surface area contributed by atoms with Gasteiger partial charge in [0.25, 0.3) is 0 Å². The van der Waals surface area contributed by atoms with Gasteiger partial charge in [0.05, 0.1) is 10.7 Å². The summed E-state index contributed by atoms with van der Waals surface area (Å²) in [7, 11) is 0. The molecule has 3 heteroatoms. The van der Waals surface area contributed by atoms with E-state index in [1.165, 1.54) is 0 Å². The highest BCUT2D eigenvalue weighted by atomic mass is 32.2. The Labute approximate surface area is 64.8 Å². The van der Waals surface area contributed by atoms with Crippen LogP contribution in [-0.4, -0.2) is 11.2 Å². The van der Waals surface area contributed by atoms with Gasteiger partial charge in [0, 0.05) is 6.54 Å². The van der Waals surface area contributed by atoms with E-state index in [-0.39, 0.29) is 0 Å². The maximum atomic E-state index is 5.40. The fourth-order valence-corrected chi connectivity index (χ4v) is 1.11. The molecule has 0 aliphatic heterocycles. The van der Waals surface area contributed by atoms with E-state index in [1.54, 1.807) is 11.8 Å². The predicted octanol–water partition coefficient (Wildman–Crippen LogP) is 1.26. The number of pyridine rings is 1. The molecule has 1 aromatic heterocycles. The molecular weight excluding hydrogens is 144 g/mol. The highest BCUT2D eigenvalue weighted by Crippen LogP contribution is 2.10. The summed E-state index contributed by atoms with van der Waals surface area (Å²) >= 11 is 1.63. The molecule has 0 fully saturated rings. The number of hydrogen-bond donors (Lipinski definition) is 1. The lowest BCUT2D eigenvalue weighted by Gasteiger charge is -1.97. The second-order valence-electron chi connectivity index (χ2n) is 1.88. The lowest BCUT2D eigenvalue weighted by molar-refractivity contribution is 0.943. The molecule has 1 aromatic rings. The second-order valence-corrected chi connectivity index (χ2v) is 2.70. The van der Waals surface area contributed by atoms with Crippen molar-refractivity contribution in [1.29, 1.82) is 0 Å². The maximum Gasteiger partial charge on any atom is 0.0961 e. The predicted molar refractivity (Wildman–Crippen MR) is 43.9 cm³/mol. The van der Waals surface area contributed by atoms with Gasteiger partial charge < -0.3 is 5.73 Å². The van der Waals surface area contributed by atoms with Gasteiger partial charge in [-0.1, -0.05) is 6.07 Å². The van der Waals surface area contributed by atoms with Crippen LogP contribution in [-0.2, 0) is 6.54 Å². The minimum absolute atomic E-state index is 0.522. The van der Waals surface area contributed by atoms with Gasteiger partial charge in [-0.2, -0.15) is 0 Å². The lowest BCUT2D eigenvalue weighted by atomic mass is 10.4. The molecule has 0 spiro atoms. The van der Waals surface area contributed by atoms with Crippen LogP contribution in [0.1, 0.15) is 5.69 Å². The fraction of sp³-hybridized carbons (Fsp3) is 0.286. The van der Waals surface area contributed by atoms with Crippen LogP contribution < -0.4 is 5.73 Å². The van der Waals surface area contributed by atoms with E-state index in [2.05, 4.69) is 4.98 Å². The largest absolute Gasteiger partial charge is 0.325 e. The number of hydrogen-bond acceptors (Lipinski definition) is 3. The van der Waals surface area contributed by atoms with Crippen LogP contribution in [0.2, 0.25) is 0 Å². The Bertz CT molecular complexity index is 193. The average molecular weight is 154 g/mol. The van der Waals surface area contributed by atoms with Gasteiger partial charge in [-0.15, -0.1) is 11.8 Å². The topological polar surface area (TPSA) is 38.9 Å². The molecule has 1 rings (SSSR count). The Hall–Kier alpha value is -0.540. The quantitative estimate of drug-likeness (QED) is 0.652. The van der Waals surface area contributed by atoms with E-state index in [4.69, 9.17) is 5.73 Å². The Morgan fingerprint density at radius 1 is 1.60 bits per heavy atom. The molecule has 54 valence electrons. The molecule has 0 amide bonds. The number of aromatic nitrogens is 1. The first kappa shape index (κ1) is 7.57. The maximum absolute atomic E-state index is 5.40. The van der Waals surface area contributed by atoms with Gasteiger partial charge >= 0.3 is 0 Å². The number of thioether (sulfide) groups is 1. The van der Waals surface area contributed by atoms with E-state index >= 15 is 0 Å². The van der Waals surface area contributed by atoms with Crippen LogP contribution in [0, 0.1) is 0 Å². The lowest BCUT2D eigenvalue weighted by Crippen LogP contribution is -1.99. The summed E-state index contributed by atoms with van der Waals surface area (Å²) in [6.45, 7) is 0.522. The summed E-state index contributed by atoms with van der Waals surface area (Å²) in [5.74, 6) is 0. The number of rotatable bonds is 2. The van der Waals surface area contributed by atoms with Crippen molar-refractivity contribution in [3.8, 4) is 0 Å². The fourth-order valence-electron chi connectivity index (χ4n) is 0.685. The van der Waals surface area contributed by atoms with E-state index in [0.717, 1.165) is 10.7 Å². The molecule has 0 saturated carbocycles. The van der Waals surface area contributed by atoms with Crippen molar-refractivity contribution in [2.75, 3.05) is 6.26 Å². The molecule has 0 atom stereocenters. The van der Waals surface area contributed by atoms with Crippen LogP contribution >= 0.6 is 11.8 Å². The zero-order valence-corrected chi connectivity index (χ0v) is 6.69. The van der Waals surface area contributed by atoms with E-state index < -0.39 is 0 Å². The van der Waals surface area contributed by atoms with Crippen LogP contribution in [0.25, 0.3) is 0 Å². The van der Waals surface area contributed by atoms with E-state index in [9.17, 15) is 0 Å². The first-order valence-corrected chi connectivity index (χ1v) is 4.29. The van der Waals surface area contributed by atoms with Gasteiger partial charge in [0.15, 0.2) is 0 Å². The van der Waals surface area contributed by atoms with Crippen molar-refractivity contribution in [1.82, 2.24) is 4.98 Å². The molecule has 2 N–H and O–H groups in total. The van der Waals surface area contributed by atoms with E-state index in [0.29, 0.717) is 6.54 Å². The minimum atomic E-state index is 0.522. The van der Waals surface area contributed by atoms with Crippen LogP contribution in [0.3, 0.4) is 0 Å². The third-order valence-corrected chi connectivity index (χ3v) is 1.85. The summed E-state index contributed by atoms with van der Waals surface area (Å²) in [5, 5.41) is 1.03. The highest BCUT2D eigenvalue weighted by molar-refractivity contribution is 7.98. The number of nitrogens with zero attached hydrogens (tertiary/aromatic N) is 1. The van der Waals surface area contributed by atoms with Crippen molar-refractivity contribution in [3.05, 3.63) is 23.9 Å². The van der Waals surface area contributed by atoms with Crippen molar-refractivity contribution >= 4 is 11.8 Å². The van der Waals surface area contributed by atoms with Crippen LogP contribution in [0.4, 0.5) is 0 Å². The molecule has 0 aliphatic carbocycles. The smallest absolute Gasteiger partial charge is 0.0961 e. The normalized spacial score (nSPS) is 9.80. The van der Waals surface area contributed by atoms with Crippen molar-refractivity contribution in [2.24, 2.45) is 5.73 Å². The summed E-state index contributed by atoms with van der Waals surface area (Å²) in [5.41, 5.74) is 6.35. The first-order valence-electron chi connectivity index (χ1n) is 3.07. The second kappa shape index (κ2) is 3.58. The third-order valence-electron chi connectivity index (χ3n) is 1.20. The number of nitrogens with two attached hydrogens (primary N) is 1. The molecule has 0 bridgehead atoms. The molecule has 0 saturated heterocycles. The Morgan fingerprint density at radius 2 is 2.40 bits per heavy atom. The summed E-state index contributed by atoms with van der Waals surface area (Å²) in [6.07, 6.45) is 2.00. The molecular formula is C7H10N2S. The van der Waals surface area contributed by atoms with Crippen LogP contribution in [0.5, 0.6) is 0 Å². The van der Waals surface area contributed by atoms with Gasteiger partial charge in [-0.3, -0.25) is 0 Å². The van der Waals surface area contributed by atoms with Gasteiger partial charge in [-0.25, -0.2) is 4.98 Å². The highest BCUT2D eigenvalue weighted by Gasteiger charge is 1.91. The van der Waals surface area contributed by atoms with Gasteiger partial charge in [0.1, 0.15) is 0 Å². The molecule has 0 aromatic carbocycles. The summed E-state index contributed by atoms with van der Waals surface area (Å²) < 4.78 is 0. The summed E-state index contributed by atoms with van der Waals surface area (Å²) in [6, 6.07) is 5.88. The molecule has 0 radical (unpaired) electrons. The standard InChI is InChI=1S/C7H10N2S/c1-10-7-4-2-3-6(5-8)9-7/h2-4H,5,8H2,1H3. The molecule has 10 heavy (non-hydrogen) atoms. The van der Waals surface area contributed by atoms with Gasteiger partial charge in [-0.05, 0) is 18.4 Å². The zero-order chi connectivity index (χ0) is 7.40. The Kier molecular flexibility index (Phi) is 2.71. The first-order chi connectivity index (χ1) is 4.86. The van der Waals surface area contributed by atoms with Crippen molar-refractivity contribution in [2.45, 2.75) is 11.6 Å². The minimum Gasteiger partial charge on any atom is -0.325 e. The molecule has 0 unspecified atom stereocenters. The van der Waals surface area contributed by atoms with E-state index in [1.807, 2.05) is 24.5 Å². The zero-order valence-electron chi connectivity index (χ0n) is 5.87. The third kappa shape index (κ3) is 1.72. The Morgan fingerprint density at radius 3 is 3.00 bits per heavy atom. The Balaban J connectivity index is 2.87. The SMILES string of the molecule is CSc1cccc(CN)n1. The molecule has 1 heterocycles. The molecule has 2 nitrogen and oxygen atoms in total. The van der Waals surface area contributed by atoms with Crippen LogP contribution in [0.15, 0.2) is 23.2 Å². The van der Waals surface area contributed by atoms with Crippen molar-refractivity contribution in [3.63, 3.8) is 0 Å².